The number of likely N-dealkylation sites (tertiary alicyclic amines) is 1. The first-order chi connectivity index (χ1) is 16.2. The van der Waals surface area contributed by atoms with Crippen LogP contribution in [0.3, 0.4) is 0 Å². The number of halogens is 1. The number of carbonyl (C=O) groups is 3. The molecule has 1 aromatic rings. The molecule has 1 aliphatic heterocycles. The van der Waals surface area contributed by atoms with E-state index in [1.807, 2.05) is 0 Å². The Morgan fingerprint density at radius 2 is 1.60 bits per heavy atom. The van der Waals surface area contributed by atoms with E-state index >= 15 is 0 Å². The molecule has 0 saturated carbocycles. The first-order valence-electron chi connectivity index (χ1n) is 10.8. The number of carbonyl (C=O) groups excluding carboxylic acids is 3. The summed E-state index contributed by atoms with van der Waals surface area (Å²) in [6.07, 6.45) is 14.6. The largest absolute Gasteiger partial charge is 0.444 e. The molecule has 1 aromatic carbocycles. The molecule has 0 aromatic heterocycles. The molecule has 35 heavy (non-hydrogen) atoms. The zero-order valence-electron chi connectivity index (χ0n) is 21.5. The van der Waals surface area contributed by atoms with Crippen LogP contribution >= 0.6 is 0 Å². The molecular weight excluding hydrogens is 453 g/mol. The number of aliphatic hydroxyl groups is 1. The molecule has 0 aliphatic carbocycles. The van der Waals surface area contributed by atoms with Gasteiger partial charge in [-0.25, -0.2) is 9.18 Å². The highest BCUT2D eigenvalue weighted by Gasteiger charge is 2.37. The molecule has 9 heteroatoms. The Balaban J connectivity index is -0.000000557. The smallest absolute Gasteiger partial charge is 0.408 e. The highest BCUT2D eigenvalue weighted by atomic mass is 19.1. The van der Waals surface area contributed by atoms with Crippen LogP contribution in [0.25, 0.3) is 0 Å². The molecule has 196 valence electrons. The molecule has 0 spiro atoms. The first kappa shape index (κ1) is 36.0. The van der Waals surface area contributed by atoms with Crippen molar-refractivity contribution in [2.75, 3.05) is 13.1 Å². The van der Waals surface area contributed by atoms with Gasteiger partial charge in [0.25, 0.3) is 0 Å². The minimum atomic E-state index is -0.835. The predicted octanol–water partition coefficient (Wildman–Crippen LogP) is 2.95. The quantitative estimate of drug-likeness (QED) is 0.559. The van der Waals surface area contributed by atoms with Gasteiger partial charge < -0.3 is 25.8 Å². The third kappa shape index (κ3) is 20.8. The number of terminal acetylenes is 2. The highest BCUT2D eigenvalue weighted by Crippen LogP contribution is 2.17. The summed E-state index contributed by atoms with van der Waals surface area (Å²) in [5, 5.41) is 11.8. The lowest BCUT2D eigenvalue weighted by Gasteiger charge is -2.23. The molecule has 8 nitrogen and oxygen atoms in total. The van der Waals surface area contributed by atoms with Gasteiger partial charge in [0.15, 0.2) is 0 Å². The minimum absolute atomic E-state index is 0.0302. The summed E-state index contributed by atoms with van der Waals surface area (Å²) >= 11 is 0. The Morgan fingerprint density at radius 3 is 1.94 bits per heavy atom. The second-order valence-corrected chi connectivity index (χ2v) is 8.74. The molecule has 2 atom stereocenters. The highest BCUT2D eigenvalue weighted by molar-refractivity contribution is 5.89. The fourth-order valence-corrected chi connectivity index (χ4v) is 2.34. The molecule has 4 N–H and O–H groups in total. The number of nitrogens with zero attached hydrogens (tertiary/aromatic N) is 1. The lowest BCUT2D eigenvalue weighted by molar-refractivity contribution is -0.136. The van der Waals surface area contributed by atoms with Crippen LogP contribution in [0.5, 0.6) is 0 Å². The predicted molar refractivity (Wildman–Crippen MR) is 136 cm³/mol. The maximum Gasteiger partial charge on any atom is 0.408 e. The fourth-order valence-electron chi connectivity index (χ4n) is 2.34. The molecular formula is C26H40FN3O5. The zero-order chi connectivity index (χ0) is 28.2. The van der Waals surface area contributed by atoms with Crippen LogP contribution in [-0.4, -0.2) is 58.8 Å². The van der Waals surface area contributed by atoms with Crippen molar-refractivity contribution < 1.29 is 28.6 Å². The van der Waals surface area contributed by atoms with Crippen molar-refractivity contribution in [1.82, 2.24) is 10.2 Å². The molecule has 0 unspecified atom stereocenters. The number of nitrogens with one attached hydrogen (secondary N) is 1. The van der Waals surface area contributed by atoms with Gasteiger partial charge in [0.1, 0.15) is 24.0 Å². The van der Waals surface area contributed by atoms with Crippen LogP contribution < -0.4 is 11.1 Å². The zero-order valence-corrected chi connectivity index (χ0v) is 21.5. The SMILES string of the molecule is C#C.C#C.CC(C)(C)OC(=O)NCC(=O)N1C[C@@H](O)C[C@H]1C(N)=O.CC(C)C.Fc1ccccc1. The van der Waals surface area contributed by atoms with Crippen LogP contribution in [0, 0.1) is 37.4 Å². The number of aliphatic hydroxyl groups excluding tert-OH is 1. The second kappa shape index (κ2) is 19.9. The van der Waals surface area contributed by atoms with Gasteiger partial charge in [0, 0.05) is 13.0 Å². The lowest BCUT2D eigenvalue weighted by Crippen LogP contribution is -2.48. The number of hydrogen-bond donors (Lipinski definition) is 3. The Hall–Kier alpha value is -3.56. The summed E-state index contributed by atoms with van der Waals surface area (Å²) in [6, 6.07) is 7.10. The summed E-state index contributed by atoms with van der Waals surface area (Å²) in [6.45, 7) is 11.3. The van der Waals surface area contributed by atoms with Gasteiger partial charge in [-0.2, -0.15) is 0 Å². The van der Waals surface area contributed by atoms with Gasteiger partial charge in [-0.1, -0.05) is 39.0 Å². The van der Waals surface area contributed by atoms with E-state index in [9.17, 15) is 23.9 Å². The molecule has 3 amide bonds. The van der Waals surface area contributed by atoms with Crippen molar-refractivity contribution >= 4 is 17.9 Å². The average molecular weight is 494 g/mol. The summed E-state index contributed by atoms with van der Waals surface area (Å²) in [5.41, 5.74) is 4.51. The van der Waals surface area contributed by atoms with Crippen molar-refractivity contribution in [2.45, 2.75) is 65.7 Å². The van der Waals surface area contributed by atoms with Crippen molar-refractivity contribution in [1.29, 1.82) is 0 Å². The maximum absolute atomic E-state index is 11.9. The van der Waals surface area contributed by atoms with E-state index in [2.05, 4.69) is 51.8 Å². The van der Waals surface area contributed by atoms with Crippen LogP contribution in [-0.2, 0) is 14.3 Å². The van der Waals surface area contributed by atoms with Crippen molar-refractivity contribution in [2.24, 2.45) is 11.7 Å². The molecule has 0 radical (unpaired) electrons. The third-order valence-corrected chi connectivity index (χ3v) is 3.44. The van der Waals surface area contributed by atoms with Gasteiger partial charge in [-0.05, 0) is 38.8 Å². The Labute approximate surface area is 209 Å². The van der Waals surface area contributed by atoms with Crippen molar-refractivity contribution in [3.8, 4) is 25.7 Å². The normalized spacial score (nSPS) is 15.7. The van der Waals surface area contributed by atoms with E-state index in [0.29, 0.717) is 0 Å². The number of primary amides is 1. The number of nitrogens with two attached hydrogens (primary N) is 1. The van der Waals surface area contributed by atoms with E-state index in [0.717, 1.165) is 5.92 Å². The van der Waals surface area contributed by atoms with E-state index in [1.165, 1.54) is 17.0 Å². The molecule has 0 bridgehead atoms. The molecule has 1 aliphatic rings. The number of benzene rings is 1. The number of β-amino-alcohol motifs (C(OH)–C–C–N with tert-alkyl or cyclic N) is 1. The van der Waals surface area contributed by atoms with Gasteiger partial charge in [0.2, 0.25) is 11.8 Å². The molecule has 1 fully saturated rings. The van der Waals surface area contributed by atoms with Crippen LogP contribution in [0.4, 0.5) is 9.18 Å². The summed E-state index contributed by atoms with van der Waals surface area (Å²) in [7, 11) is 0. The number of ether oxygens (including phenoxy) is 1. The van der Waals surface area contributed by atoms with Crippen molar-refractivity contribution in [3.63, 3.8) is 0 Å². The molecule has 2 rings (SSSR count). The number of rotatable bonds is 3. The van der Waals surface area contributed by atoms with Crippen molar-refractivity contribution in [3.05, 3.63) is 36.1 Å². The standard InChI is InChI=1S/C12H21N3O5.C6H5F.C4H10.2C2H2/c1-12(2,3)20-11(19)14-5-9(17)15-6-7(16)4-8(15)10(13)18;7-6-4-2-1-3-5-6;1-4(2)3;2*1-2/h7-8,16H,4-6H2,1-3H3,(H2,13,18)(H,14,19);1-5H;4H,1-3H3;2*1-2H/t7-,8-;;;;/m0..../s1. The maximum atomic E-state index is 11.9. The first-order valence-corrected chi connectivity index (χ1v) is 10.8. The van der Waals surface area contributed by atoms with Gasteiger partial charge in [-0.15, -0.1) is 25.7 Å². The van der Waals surface area contributed by atoms with E-state index in [4.69, 9.17) is 10.5 Å². The number of hydrogen-bond acceptors (Lipinski definition) is 5. The summed E-state index contributed by atoms with van der Waals surface area (Å²) in [5.74, 6) is -0.508. The third-order valence-electron chi connectivity index (χ3n) is 3.44. The molecule has 1 saturated heterocycles. The van der Waals surface area contributed by atoms with E-state index in [-0.39, 0.29) is 25.3 Å². The minimum Gasteiger partial charge on any atom is -0.444 e. The monoisotopic (exact) mass is 493 g/mol. The fraction of sp³-hybridized carbons (Fsp3) is 0.500. The van der Waals surface area contributed by atoms with Gasteiger partial charge in [0.05, 0.1) is 6.10 Å². The Kier molecular flexibility index (Phi) is 20.4. The van der Waals surface area contributed by atoms with Gasteiger partial charge in [-0.3, -0.25) is 9.59 Å². The van der Waals surface area contributed by atoms with Gasteiger partial charge >= 0.3 is 6.09 Å². The lowest BCUT2D eigenvalue weighted by atomic mass is 10.2. The van der Waals surface area contributed by atoms with Crippen LogP contribution in [0.15, 0.2) is 30.3 Å². The second-order valence-electron chi connectivity index (χ2n) is 8.74. The van der Waals surface area contributed by atoms with E-state index < -0.39 is 35.7 Å². The number of amides is 3. The Morgan fingerprint density at radius 1 is 1.14 bits per heavy atom. The number of alkyl carbamates (subject to hydrolysis) is 1. The Bertz CT molecular complexity index is 765. The topological polar surface area (TPSA) is 122 Å². The molecule has 1 heterocycles. The van der Waals surface area contributed by atoms with E-state index in [1.54, 1.807) is 39.0 Å². The van der Waals surface area contributed by atoms with Crippen LogP contribution in [0.2, 0.25) is 0 Å². The van der Waals surface area contributed by atoms with Crippen LogP contribution in [0.1, 0.15) is 48.0 Å². The average Bonchev–Trinajstić information content (AvgIpc) is 3.16. The summed E-state index contributed by atoms with van der Waals surface area (Å²) < 4.78 is 16.9. The summed E-state index contributed by atoms with van der Waals surface area (Å²) in [4.78, 5) is 35.7.